The molecule has 2 N–H and O–H groups in total. The standard InChI is InChI=1S/C25H29N5O4S/c1-3-14-34-25(33)20(16-26)24-30(4-2)23(32)21(35-24)17-27-18-8-7-9-19(15-18)28-22(31)10-13-29-11-5-6-12-29/h3,7-9,15,17,27H,1,4-6,10-14H2,2H3,(H,28,31)/b21-17+,24-20-. The number of ether oxygens (including phenoxy) is 1. The van der Waals surface area contributed by atoms with Crippen molar-refractivity contribution in [3.05, 3.63) is 56.5 Å². The molecule has 9 nitrogen and oxygen atoms in total. The minimum absolute atomic E-state index is 0.0303. The summed E-state index contributed by atoms with van der Waals surface area (Å²) in [6.07, 6.45) is 5.75. The highest BCUT2D eigenvalue weighted by atomic mass is 32.1. The van der Waals surface area contributed by atoms with Gasteiger partial charge in [0.05, 0.1) is 0 Å². The predicted molar refractivity (Wildman–Crippen MR) is 137 cm³/mol. The van der Waals surface area contributed by atoms with E-state index in [0.29, 0.717) is 22.3 Å². The molecule has 184 valence electrons. The van der Waals surface area contributed by atoms with Crippen molar-refractivity contribution in [3.8, 4) is 6.07 Å². The number of aromatic nitrogens is 1. The first-order chi connectivity index (χ1) is 17.0. The highest BCUT2D eigenvalue weighted by Crippen LogP contribution is 2.16. The van der Waals surface area contributed by atoms with Crippen molar-refractivity contribution in [2.24, 2.45) is 0 Å². The molecule has 0 spiro atoms. The lowest BCUT2D eigenvalue weighted by molar-refractivity contribution is -0.135. The molecule has 3 rings (SSSR count). The second-order valence-electron chi connectivity index (χ2n) is 7.91. The number of hydrogen-bond donors (Lipinski definition) is 2. The Hall–Kier alpha value is -3.68. The zero-order chi connectivity index (χ0) is 25.2. The number of amides is 1. The van der Waals surface area contributed by atoms with Gasteiger partial charge in [-0.15, -0.1) is 11.3 Å². The third-order valence-corrected chi connectivity index (χ3v) is 6.59. The van der Waals surface area contributed by atoms with Gasteiger partial charge >= 0.3 is 5.97 Å². The summed E-state index contributed by atoms with van der Waals surface area (Å²) in [4.78, 5) is 39.7. The number of likely N-dealkylation sites (tertiary alicyclic amines) is 1. The highest BCUT2D eigenvalue weighted by molar-refractivity contribution is 7.07. The Kier molecular flexibility index (Phi) is 9.40. The molecule has 2 heterocycles. The molecule has 0 atom stereocenters. The van der Waals surface area contributed by atoms with Gasteiger partial charge in [-0.1, -0.05) is 18.7 Å². The molecule has 1 aromatic carbocycles. The van der Waals surface area contributed by atoms with E-state index in [2.05, 4.69) is 22.1 Å². The quantitative estimate of drug-likeness (QED) is 0.380. The van der Waals surface area contributed by atoms with Gasteiger partial charge in [-0.2, -0.15) is 5.26 Å². The summed E-state index contributed by atoms with van der Waals surface area (Å²) in [5.74, 6) is -0.849. The molecule has 0 aliphatic carbocycles. The number of carbonyl (C=O) groups is 2. The maximum absolute atomic E-state index is 12.8. The van der Waals surface area contributed by atoms with Gasteiger partial charge in [0.25, 0.3) is 5.56 Å². The summed E-state index contributed by atoms with van der Waals surface area (Å²) in [5, 5.41) is 15.5. The van der Waals surface area contributed by atoms with Gasteiger partial charge in [0.1, 0.15) is 21.9 Å². The van der Waals surface area contributed by atoms with Crippen LogP contribution in [0.15, 0.2) is 41.7 Å². The van der Waals surface area contributed by atoms with E-state index in [9.17, 15) is 19.6 Å². The number of hydrogen-bond acceptors (Lipinski definition) is 8. The molecule has 1 saturated heterocycles. The molecule has 10 heteroatoms. The number of nitriles is 1. The van der Waals surface area contributed by atoms with Gasteiger partial charge in [-0.05, 0) is 51.1 Å². The predicted octanol–water partition coefficient (Wildman–Crippen LogP) is 1.61. The number of rotatable bonds is 10. The Balaban J connectivity index is 1.77. The number of benzene rings is 1. The van der Waals surface area contributed by atoms with Crippen LogP contribution in [0, 0.1) is 11.3 Å². The van der Waals surface area contributed by atoms with Crippen LogP contribution in [0.5, 0.6) is 0 Å². The minimum Gasteiger partial charge on any atom is -0.457 e. The van der Waals surface area contributed by atoms with Crippen molar-refractivity contribution < 1.29 is 14.3 Å². The van der Waals surface area contributed by atoms with Crippen molar-refractivity contribution in [1.82, 2.24) is 9.47 Å². The molecule has 1 aliphatic rings. The average Bonchev–Trinajstić information content (AvgIpc) is 3.48. The van der Waals surface area contributed by atoms with E-state index in [1.165, 1.54) is 29.7 Å². The molecule has 2 aromatic rings. The summed E-state index contributed by atoms with van der Waals surface area (Å²) >= 11 is 1.03. The van der Waals surface area contributed by atoms with Crippen LogP contribution >= 0.6 is 11.3 Å². The number of nitrogens with one attached hydrogen (secondary N) is 2. The SMILES string of the molecule is C=CCOC(=O)/C(C#N)=c1\s/c(=C/Nc2cccc(NC(=O)CCN3CCCC3)c2)c(=O)n1CC. The van der Waals surface area contributed by atoms with Crippen LogP contribution in [0.2, 0.25) is 0 Å². The van der Waals surface area contributed by atoms with E-state index in [-0.39, 0.29) is 34.9 Å². The van der Waals surface area contributed by atoms with Crippen LogP contribution in [0.1, 0.15) is 26.2 Å². The highest BCUT2D eigenvalue weighted by Gasteiger charge is 2.16. The van der Waals surface area contributed by atoms with Crippen LogP contribution in [-0.2, 0) is 20.9 Å². The smallest absolute Gasteiger partial charge is 0.352 e. The van der Waals surface area contributed by atoms with Gasteiger partial charge in [0, 0.05) is 37.1 Å². The number of anilines is 2. The third kappa shape index (κ3) is 6.91. The van der Waals surface area contributed by atoms with Crippen molar-refractivity contribution in [3.63, 3.8) is 0 Å². The summed E-state index contributed by atoms with van der Waals surface area (Å²) in [7, 11) is 0. The first-order valence-electron chi connectivity index (χ1n) is 11.5. The van der Waals surface area contributed by atoms with Crippen molar-refractivity contribution in [2.45, 2.75) is 32.7 Å². The summed E-state index contributed by atoms with van der Waals surface area (Å²) in [6, 6.07) is 9.03. The van der Waals surface area contributed by atoms with E-state index < -0.39 is 5.97 Å². The summed E-state index contributed by atoms with van der Waals surface area (Å²) < 4.78 is 6.91. The van der Waals surface area contributed by atoms with Crippen molar-refractivity contribution >= 4 is 46.4 Å². The van der Waals surface area contributed by atoms with Gasteiger partial charge in [-0.25, -0.2) is 4.79 Å². The van der Waals surface area contributed by atoms with Crippen LogP contribution in [0.3, 0.4) is 0 Å². The maximum Gasteiger partial charge on any atom is 0.352 e. The Bertz CT molecular complexity index is 1300. The van der Waals surface area contributed by atoms with Crippen LogP contribution in [0.25, 0.3) is 11.8 Å². The molecule has 1 aliphatic heterocycles. The number of nitrogens with zero attached hydrogens (tertiary/aromatic N) is 3. The lowest BCUT2D eigenvalue weighted by Gasteiger charge is -2.14. The van der Waals surface area contributed by atoms with Gasteiger partial charge < -0.3 is 20.3 Å². The van der Waals surface area contributed by atoms with E-state index in [4.69, 9.17) is 4.74 Å². The Morgan fingerprint density at radius 1 is 1.29 bits per heavy atom. The molecule has 35 heavy (non-hydrogen) atoms. The lowest BCUT2D eigenvalue weighted by atomic mass is 10.2. The monoisotopic (exact) mass is 495 g/mol. The molecule has 0 saturated carbocycles. The largest absolute Gasteiger partial charge is 0.457 e. The molecule has 1 aromatic heterocycles. The van der Waals surface area contributed by atoms with Crippen molar-refractivity contribution in [2.75, 3.05) is 36.9 Å². The Morgan fingerprint density at radius 3 is 2.71 bits per heavy atom. The number of thiazole rings is 1. The van der Waals surface area contributed by atoms with Gasteiger partial charge in [-0.3, -0.25) is 14.2 Å². The second kappa shape index (κ2) is 12.7. The molecular formula is C25H29N5O4S. The summed E-state index contributed by atoms with van der Waals surface area (Å²) in [6.45, 7) is 8.36. The van der Waals surface area contributed by atoms with E-state index in [1.807, 2.05) is 12.1 Å². The Morgan fingerprint density at radius 2 is 2.03 bits per heavy atom. The van der Waals surface area contributed by atoms with Crippen molar-refractivity contribution in [1.29, 1.82) is 5.26 Å². The molecule has 0 bridgehead atoms. The number of carbonyl (C=O) groups excluding carboxylic acids is 2. The van der Waals surface area contributed by atoms with Gasteiger partial charge in [0.2, 0.25) is 5.91 Å². The topological polar surface area (TPSA) is 116 Å². The lowest BCUT2D eigenvalue weighted by Crippen LogP contribution is -2.32. The molecule has 0 radical (unpaired) electrons. The molecule has 1 fully saturated rings. The molecule has 1 amide bonds. The summed E-state index contributed by atoms with van der Waals surface area (Å²) in [5.41, 5.74) is 0.775. The first-order valence-corrected chi connectivity index (χ1v) is 12.3. The first kappa shape index (κ1) is 25.9. The Labute approximate surface area is 207 Å². The third-order valence-electron chi connectivity index (χ3n) is 5.46. The fourth-order valence-corrected chi connectivity index (χ4v) is 4.78. The fourth-order valence-electron chi connectivity index (χ4n) is 3.71. The van der Waals surface area contributed by atoms with Gasteiger partial charge in [0.15, 0.2) is 5.57 Å². The van der Waals surface area contributed by atoms with E-state index in [0.717, 1.165) is 31.0 Å². The zero-order valence-corrected chi connectivity index (χ0v) is 20.5. The molecular weight excluding hydrogens is 466 g/mol. The zero-order valence-electron chi connectivity index (χ0n) is 19.7. The van der Waals surface area contributed by atoms with Crippen LogP contribution < -0.4 is 25.4 Å². The maximum atomic E-state index is 12.8. The van der Waals surface area contributed by atoms with Crippen LogP contribution in [-0.4, -0.2) is 47.6 Å². The minimum atomic E-state index is -0.802. The molecule has 0 unspecified atom stereocenters. The second-order valence-corrected chi connectivity index (χ2v) is 8.94. The fraction of sp³-hybridized carbons (Fsp3) is 0.360. The van der Waals surface area contributed by atoms with Crippen LogP contribution in [0.4, 0.5) is 11.4 Å². The van der Waals surface area contributed by atoms with E-state index in [1.54, 1.807) is 25.1 Å². The van der Waals surface area contributed by atoms with E-state index >= 15 is 0 Å². The average molecular weight is 496 g/mol. The normalized spacial score (nSPS) is 14.8. The number of esters is 1.